The van der Waals surface area contributed by atoms with E-state index in [0.29, 0.717) is 21.2 Å². The number of nitrogens with zero attached hydrogens (tertiary/aromatic N) is 1. The van der Waals surface area contributed by atoms with Crippen LogP contribution >= 0.6 is 24.0 Å². The molecule has 1 aliphatic rings. The molecule has 2 aromatic carbocycles. The molecule has 1 aliphatic heterocycles. The Balaban J connectivity index is 1.55. The second-order valence-corrected chi connectivity index (χ2v) is 8.45. The first-order valence-corrected chi connectivity index (χ1v) is 10.6. The van der Waals surface area contributed by atoms with E-state index in [9.17, 15) is 19.1 Å². The van der Waals surface area contributed by atoms with Crippen LogP contribution in [0.1, 0.15) is 17.5 Å². The van der Waals surface area contributed by atoms with Gasteiger partial charge < -0.3 is 10.4 Å². The highest BCUT2D eigenvalue weighted by Crippen LogP contribution is 2.32. The topological polar surface area (TPSA) is 69.6 Å². The van der Waals surface area contributed by atoms with E-state index in [1.807, 2.05) is 30.3 Å². The van der Waals surface area contributed by atoms with Crippen LogP contribution in [-0.2, 0) is 16.0 Å². The summed E-state index contributed by atoms with van der Waals surface area (Å²) in [5, 5.41) is 12.3. The highest BCUT2D eigenvalue weighted by atomic mass is 32.2. The van der Waals surface area contributed by atoms with Gasteiger partial charge >= 0.3 is 0 Å². The van der Waals surface area contributed by atoms with Gasteiger partial charge in [0.25, 0.3) is 5.91 Å². The number of aliphatic hydroxyl groups is 1. The van der Waals surface area contributed by atoms with Crippen molar-refractivity contribution in [2.45, 2.75) is 18.9 Å². The first-order chi connectivity index (χ1) is 14.5. The lowest BCUT2D eigenvalue weighted by molar-refractivity contribution is -0.124. The molecule has 0 unspecified atom stereocenters. The molecule has 0 aliphatic carbocycles. The summed E-state index contributed by atoms with van der Waals surface area (Å²) >= 11 is 6.40. The summed E-state index contributed by atoms with van der Waals surface area (Å²) in [5.41, 5.74) is 1.58. The third-order valence-electron chi connectivity index (χ3n) is 4.49. The molecule has 2 amide bonds. The summed E-state index contributed by atoms with van der Waals surface area (Å²) in [6.45, 7) is -0.0431. The van der Waals surface area contributed by atoms with Gasteiger partial charge in [-0.25, -0.2) is 4.39 Å². The molecule has 1 heterocycles. The lowest BCUT2D eigenvalue weighted by Gasteiger charge is -2.18. The number of aliphatic hydroxyl groups excluding tert-OH is 1. The fourth-order valence-electron chi connectivity index (χ4n) is 3.01. The maximum atomic E-state index is 13.4. The van der Waals surface area contributed by atoms with E-state index in [4.69, 9.17) is 12.2 Å². The minimum absolute atomic E-state index is 0.0605. The number of nitrogens with one attached hydrogen (secondary N) is 1. The van der Waals surface area contributed by atoms with Gasteiger partial charge in [0.15, 0.2) is 0 Å². The second-order valence-electron chi connectivity index (χ2n) is 6.78. The molecule has 1 saturated heterocycles. The van der Waals surface area contributed by atoms with E-state index in [1.165, 1.54) is 17.0 Å². The molecule has 2 N–H and O–H groups in total. The van der Waals surface area contributed by atoms with Crippen LogP contribution in [0.3, 0.4) is 0 Å². The van der Waals surface area contributed by atoms with E-state index in [-0.39, 0.29) is 37.2 Å². The largest absolute Gasteiger partial charge is 0.394 e. The first kappa shape index (κ1) is 22.1. The molecule has 30 heavy (non-hydrogen) atoms. The van der Waals surface area contributed by atoms with Crippen LogP contribution in [0.4, 0.5) is 4.39 Å². The summed E-state index contributed by atoms with van der Waals surface area (Å²) in [7, 11) is 0. The molecule has 5 nitrogen and oxygen atoms in total. The van der Waals surface area contributed by atoms with Crippen LogP contribution in [-0.4, -0.2) is 45.3 Å². The van der Waals surface area contributed by atoms with Crippen molar-refractivity contribution in [1.29, 1.82) is 0 Å². The number of halogens is 1. The Kier molecular flexibility index (Phi) is 7.73. The fourth-order valence-corrected chi connectivity index (χ4v) is 4.32. The summed E-state index contributed by atoms with van der Waals surface area (Å²) in [4.78, 5) is 26.7. The minimum atomic E-state index is -0.404. The number of hydrogen-bond donors (Lipinski definition) is 2. The smallest absolute Gasteiger partial charge is 0.266 e. The molecule has 0 radical (unpaired) electrons. The SMILES string of the molecule is O=C(CCN1C(=O)/C(=C/c2cccc(F)c2)SC1=S)N[C@@H](CO)Cc1ccccc1. The molecular formula is C22H21FN2O3S2. The predicted molar refractivity (Wildman–Crippen MR) is 120 cm³/mol. The van der Waals surface area contributed by atoms with E-state index in [2.05, 4.69) is 5.32 Å². The van der Waals surface area contributed by atoms with Gasteiger partial charge in [-0.3, -0.25) is 14.5 Å². The average Bonchev–Trinajstić information content (AvgIpc) is 2.99. The van der Waals surface area contributed by atoms with Gasteiger partial charge in [-0.15, -0.1) is 0 Å². The molecule has 0 bridgehead atoms. The fraction of sp³-hybridized carbons (Fsp3) is 0.227. The average molecular weight is 445 g/mol. The predicted octanol–water partition coefficient (Wildman–Crippen LogP) is 3.14. The maximum absolute atomic E-state index is 13.4. The molecule has 3 rings (SSSR count). The number of hydrogen-bond acceptors (Lipinski definition) is 5. The Labute approximate surface area is 184 Å². The maximum Gasteiger partial charge on any atom is 0.266 e. The minimum Gasteiger partial charge on any atom is -0.394 e. The van der Waals surface area contributed by atoms with Gasteiger partial charge in [-0.1, -0.05) is 66.4 Å². The normalized spacial score (nSPS) is 16.2. The lowest BCUT2D eigenvalue weighted by Crippen LogP contribution is -2.41. The Morgan fingerprint density at radius 1 is 1.23 bits per heavy atom. The Hall–Kier alpha value is -2.55. The molecule has 8 heteroatoms. The molecular weight excluding hydrogens is 423 g/mol. The highest BCUT2D eigenvalue weighted by molar-refractivity contribution is 8.26. The van der Waals surface area contributed by atoms with Crippen molar-refractivity contribution in [3.63, 3.8) is 0 Å². The molecule has 1 fully saturated rings. The summed E-state index contributed by atoms with van der Waals surface area (Å²) in [5.74, 6) is -0.956. The zero-order chi connectivity index (χ0) is 21.5. The third kappa shape index (κ3) is 5.98. The summed E-state index contributed by atoms with van der Waals surface area (Å²) in [6, 6.07) is 15.1. The third-order valence-corrected chi connectivity index (χ3v) is 5.87. The van der Waals surface area contributed by atoms with Crippen LogP contribution in [0.15, 0.2) is 59.5 Å². The van der Waals surface area contributed by atoms with Gasteiger partial charge in [0.05, 0.1) is 17.6 Å². The first-order valence-electron chi connectivity index (χ1n) is 9.41. The van der Waals surface area contributed by atoms with E-state index < -0.39 is 6.04 Å². The van der Waals surface area contributed by atoms with Crippen LogP contribution in [0.5, 0.6) is 0 Å². The lowest BCUT2D eigenvalue weighted by atomic mass is 10.1. The van der Waals surface area contributed by atoms with Crippen LogP contribution in [0.25, 0.3) is 6.08 Å². The van der Waals surface area contributed by atoms with E-state index in [0.717, 1.165) is 17.3 Å². The number of carbonyl (C=O) groups excluding carboxylic acids is 2. The molecule has 2 aromatic rings. The van der Waals surface area contributed by atoms with Crippen molar-refractivity contribution in [3.05, 3.63) is 76.4 Å². The van der Waals surface area contributed by atoms with Gasteiger partial charge in [-0.05, 0) is 35.8 Å². The molecule has 0 saturated carbocycles. The van der Waals surface area contributed by atoms with Crippen molar-refractivity contribution >= 4 is 46.2 Å². The quantitative estimate of drug-likeness (QED) is 0.484. The summed E-state index contributed by atoms with van der Waals surface area (Å²) in [6.07, 6.45) is 2.16. The number of carbonyl (C=O) groups is 2. The number of benzene rings is 2. The highest BCUT2D eigenvalue weighted by Gasteiger charge is 2.32. The van der Waals surface area contributed by atoms with Gasteiger partial charge in [-0.2, -0.15) is 0 Å². The Morgan fingerprint density at radius 2 is 2.00 bits per heavy atom. The summed E-state index contributed by atoms with van der Waals surface area (Å²) < 4.78 is 13.7. The molecule has 0 aromatic heterocycles. The molecule has 0 spiro atoms. The van der Waals surface area contributed by atoms with Gasteiger partial charge in [0.2, 0.25) is 5.91 Å². The van der Waals surface area contributed by atoms with Crippen LogP contribution in [0.2, 0.25) is 0 Å². The van der Waals surface area contributed by atoms with Crippen LogP contribution in [0, 0.1) is 5.82 Å². The van der Waals surface area contributed by atoms with Crippen molar-refractivity contribution < 1.29 is 19.1 Å². The number of rotatable bonds is 8. The number of amides is 2. The van der Waals surface area contributed by atoms with E-state index >= 15 is 0 Å². The van der Waals surface area contributed by atoms with Gasteiger partial charge in [0.1, 0.15) is 10.1 Å². The van der Waals surface area contributed by atoms with Crippen molar-refractivity contribution in [2.24, 2.45) is 0 Å². The van der Waals surface area contributed by atoms with Crippen molar-refractivity contribution in [3.8, 4) is 0 Å². The Bertz CT molecular complexity index is 966. The second kappa shape index (κ2) is 10.5. The monoisotopic (exact) mass is 444 g/mol. The van der Waals surface area contributed by atoms with Crippen molar-refractivity contribution in [2.75, 3.05) is 13.2 Å². The molecule has 1 atom stereocenters. The standard InChI is InChI=1S/C22H21FN2O3S2/c23-17-8-4-7-16(11-17)13-19-21(28)25(22(29)30-19)10-9-20(27)24-18(14-26)12-15-5-2-1-3-6-15/h1-8,11,13,18,26H,9-10,12,14H2,(H,24,27)/b19-13-/t18-/m1/s1. The zero-order valence-electron chi connectivity index (χ0n) is 16.1. The number of thiocarbonyl (C=S) groups is 1. The number of thioether (sulfide) groups is 1. The molecule has 156 valence electrons. The van der Waals surface area contributed by atoms with E-state index in [1.54, 1.807) is 18.2 Å². The van der Waals surface area contributed by atoms with Gasteiger partial charge in [0, 0.05) is 13.0 Å². The van der Waals surface area contributed by atoms with Crippen LogP contribution < -0.4 is 5.32 Å². The zero-order valence-corrected chi connectivity index (χ0v) is 17.7. The Morgan fingerprint density at radius 3 is 2.70 bits per heavy atom. The van der Waals surface area contributed by atoms with Crippen molar-refractivity contribution in [1.82, 2.24) is 10.2 Å².